The van der Waals surface area contributed by atoms with Crippen LogP contribution in [0.2, 0.25) is 0 Å². The molecule has 0 aliphatic heterocycles. The Hall–Kier alpha value is -3.27. The van der Waals surface area contributed by atoms with Crippen LogP contribution in [0.25, 0.3) is 0 Å². The number of hydroxylamine groups is 1. The minimum Gasteiger partial charge on any atom is -0.508 e. The first-order valence-corrected chi connectivity index (χ1v) is 10.1. The minimum atomic E-state index is -4.20. The number of aromatic nitrogens is 1. The molecule has 0 radical (unpaired) electrons. The van der Waals surface area contributed by atoms with Crippen LogP contribution >= 0.6 is 0 Å². The number of benzene rings is 2. The average Bonchev–Trinajstić information content (AvgIpc) is 2.75. The average molecular weight is 413 g/mol. The van der Waals surface area contributed by atoms with E-state index < -0.39 is 22.0 Å². The summed E-state index contributed by atoms with van der Waals surface area (Å²) in [6.07, 6.45) is 3.05. The highest BCUT2D eigenvalue weighted by Gasteiger charge is 2.37. The van der Waals surface area contributed by atoms with Gasteiger partial charge in [0.1, 0.15) is 11.8 Å². The zero-order valence-electron chi connectivity index (χ0n) is 15.2. The number of carbonyl (C=O) groups excluding carboxylic acids is 1. The van der Waals surface area contributed by atoms with Gasteiger partial charge < -0.3 is 5.11 Å². The van der Waals surface area contributed by atoms with Crippen molar-refractivity contribution in [3.63, 3.8) is 0 Å². The predicted molar refractivity (Wildman–Crippen MR) is 104 cm³/mol. The van der Waals surface area contributed by atoms with Gasteiger partial charge in [0.15, 0.2) is 0 Å². The molecule has 1 unspecified atom stereocenters. The fourth-order valence-corrected chi connectivity index (χ4v) is 4.45. The number of aromatic hydroxyl groups is 1. The van der Waals surface area contributed by atoms with Gasteiger partial charge in [-0.3, -0.25) is 15.0 Å². The lowest BCUT2D eigenvalue weighted by molar-refractivity contribution is -0.133. The Bertz CT molecular complexity index is 1060. The van der Waals surface area contributed by atoms with E-state index in [0.29, 0.717) is 11.1 Å². The Balaban J connectivity index is 2.15. The molecule has 3 N–H and O–H groups in total. The molecule has 0 saturated carbocycles. The number of sulfonamides is 1. The zero-order chi connectivity index (χ0) is 20.9. The number of nitrogens with zero attached hydrogens (tertiary/aromatic N) is 2. The molecule has 0 fully saturated rings. The fourth-order valence-electron chi connectivity index (χ4n) is 2.89. The number of phenolic OH excluding ortho intramolecular Hbond substituents is 1. The Kier molecular flexibility index (Phi) is 6.23. The quantitative estimate of drug-likeness (QED) is 0.404. The number of hydrogen-bond acceptors (Lipinski definition) is 6. The number of rotatable bonds is 7. The maximum Gasteiger partial charge on any atom is 0.266 e. The fraction of sp³-hybridized carbons (Fsp3) is 0.100. The van der Waals surface area contributed by atoms with Crippen molar-refractivity contribution in [2.75, 3.05) is 0 Å². The van der Waals surface area contributed by atoms with Crippen LogP contribution in [-0.4, -0.2) is 33.9 Å². The van der Waals surface area contributed by atoms with Gasteiger partial charge in [0.2, 0.25) is 10.0 Å². The highest BCUT2D eigenvalue weighted by atomic mass is 32.2. The summed E-state index contributed by atoms with van der Waals surface area (Å²) in [5.41, 5.74) is 2.50. The van der Waals surface area contributed by atoms with Crippen molar-refractivity contribution in [2.24, 2.45) is 0 Å². The van der Waals surface area contributed by atoms with Crippen LogP contribution in [0.15, 0.2) is 84.0 Å². The number of pyridine rings is 1. The van der Waals surface area contributed by atoms with Gasteiger partial charge in [0.25, 0.3) is 5.91 Å². The first-order valence-electron chi connectivity index (χ1n) is 8.62. The summed E-state index contributed by atoms with van der Waals surface area (Å²) in [4.78, 5) is 16.4. The maximum absolute atomic E-state index is 13.4. The summed E-state index contributed by atoms with van der Waals surface area (Å²) in [6.45, 7) is -0.163. The Labute approximate surface area is 168 Å². The Morgan fingerprint density at radius 1 is 1.03 bits per heavy atom. The summed E-state index contributed by atoms with van der Waals surface area (Å²) in [6, 6.07) is 15.3. The Morgan fingerprint density at radius 3 is 2.31 bits per heavy atom. The number of hydrogen-bond donors (Lipinski definition) is 3. The molecule has 150 valence electrons. The molecule has 2 aromatic carbocycles. The van der Waals surface area contributed by atoms with Gasteiger partial charge in [0.05, 0.1) is 4.90 Å². The van der Waals surface area contributed by atoms with E-state index in [1.54, 1.807) is 54.1 Å². The third-order valence-corrected chi connectivity index (χ3v) is 6.09. The summed E-state index contributed by atoms with van der Waals surface area (Å²) < 4.78 is 27.9. The molecular formula is C20H19N3O5S. The van der Waals surface area contributed by atoms with Gasteiger partial charge in [-0.2, -0.15) is 4.31 Å². The second-order valence-electron chi connectivity index (χ2n) is 6.19. The van der Waals surface area contributed by atoms with Gasteiger partial charge >= 0.3 is 0 Å². The lowest BCUT2D eigenvalue weighted by Crippen LogP contribution is -2.42. The van der Waals surface area contributed by atoms with Crippen molar-refractivity contribution in [3.8, 4) is 5.75 Å². The molecule has 1 amide bonds. The molecule has 0 saturated heterocycles. The summed E-state index contributed by atoms with van der Waals surface area (Å²) >= 11 is 0. The van der Waals surface area contributed by atoms with Crippen LogP contribution in [0, 0.1) is 0 Å². The lowest BCUT2D eigenvalue weighted by Gasteiger charge is -2.29. The molecule has 0 bridgehead atoms. The zero-order valence-corrected chi connectivity index (χ0v) is 16.0. The number of phenols is 1. The van der Waals surface area contributed by atoms with Crippen LogP contribution in [0.4, 0.5) is 0 Å². The van der Waals surface area contributed by atoms with Crippen molar-refractivity contribution in [3.05, 3.63) is 90.3 Å². The first kappa shape index (κ1) is 20.5. The maximum atomic E-state index is 13.4. The molecule has 0 aliphatic rings. The largest absolute Gasteiger partial charge is 0.508 e. The smallest absolute Gasteiger partial charge is 0.266 e. The molecule has 29 heavy (non-hydrogen) atoms. The van der Waals surface area contributed by atoms with Crippen molar-refractivity contribution in [1.82, 2.24) is 14.8 Å². The molecule has 3 aromatic rings. The highest BCUT2D eigenvalue weighted by Crippen LogP contribution is 2.30. The SMILES string of the molecule is O=C(NO)C(c1ccccc1)N(Cc1cccnc1)S(=O)(=O)c1ccc(O)cc1. The van der Waals surface area contributed by atoms with Crippen LogP contribution in [0.5, 0.6) is 5.75 Å². The van der Waals surface area contributed by atoms with E-state index in [2.05, 4.69) is 4.98 Å². The third kappa shape index (κ3) is 4.60. The Morgan fingerprint density at radius 2 is 1.72 bits per heavy atom. The molecule has 1 aromatic heterocycles. The van der Waals surface area contributed by atoms with Crippen molar-refractivity contribution in [1.29, 1.82) is 0 Å². The van der Waals surface area contributed by atoms with Gasteiger partial charge in [-0.05, 0) is 41.5 Å². The monoisotopic (exact) mass is 413 g/mol. The second-order valence-corrected chi connectivity index (χ2v) is 8.09. The van der Waals surface area contributed by atoms with Crippen LogP contribution in [0.3, 0.4) is 0 Å². The number of amides is 1. The van der Waals surface area contributed by atoms with Gasteiger partial charge in [0, 0.05) is 18.9 Å². The molecular weight excluding hydrogens is 394 g/mol. The van der Waals surface area contributed by atoms with Crippen molar-refractivity contribution in [2.45, 2.75) is 17.5 Å². The predicted octanol–water partition coefficient (Wildman–Crippen LogP) is 2.22. The van der Waals surface area contributed by atoms with Gasteiger partial charge in [-0.1, -0.05) is 36.4 Å². The van der Waals surface area contributed by atoms with E-state index >= 15 is 0 Å². The van der Waals surface area contributed by atoms with Crippen molar-refractivity contribution < 1.29 is 23.5 Å². The summed E-state index contributed by atoms with van der Waals surface area (Å²) in [5.74, 6) is -0.988. The summed E-state index contributed by atoms with van der Waals surface area (Å²) in [5, 5.41) is 18.8. The molecule has 8 nitrogen and oxygen atoms in total. The molecule has 9 heteroatoms. The second kappa shape index (κ2) is 8.82. The van der Waals surface area contributed by atoms with Crippen LogP contribution < -0.4 is 5.48 Å². The number of nitrogens with one attached hydrogen (secondary N) is 1. The van der Waals surface area contributed by atoms with E-state index in [4.69, 9.17) is 0 Å². The first-order chi connectivity index (χ1) is 13.9. The van der Waals surface area contributed by atoms with E-state index in [1.165, 1.54) is 30.5 Å². The highest BCUT2D eigenvalue weighted by molar-refractivity contribution is 7.89. The minimum absolute atomic E-state index is 0.0875. The normalized spacial score (nSPS) is 12.5. The van der Waals surface area contributed by atoms with Crippen LogP contribution in [-0.2, 0) is 21.4 Å². The third-order valence-electron chi connectivity index (χ3n) is 4.27. The molecule has 1 heterocycles. The van der Waals surface area contributed by atoms with E-state index in [1.807, 2.05) is 0 Å². The molecule has 0 spiro atoms. The molecule has 3 rings (SSSR count). The molecule has 1 atom stereocenters. The van der Waals surface area contributed by atoms with Gasteiger partial charge in [-0.25, -0.2) is 13.9 Å². The standard InChI is InChI=1S/C20H19N3O5S/c24-17-8-10-18(11-9-17)29(27,28)23(14-15-5-4-12-21-13-15)19(20(25)22-26)16-6-2-1-3-7-16/h1-13,19,24,26H,14H2,(H,22,25). The van der Waals surface area contributed by atoms with E-state index in [0.717, 1.165) is 4.31 Å². The lowest BCUT2D eigenvalue weighted by atomic mass is 10.1. The topological polar surface area (TPSA) is 120 Å². The molecule has 0 aliphatic carbocycles. The van der Waals surface area contributed by atoms with Crippen LogP contribution in [0.1, 0.15) is 17.2 Å². The van der Waals surface area contributed by atoms with E-state index in [9.17, 15) is 23.5 Å². The van der Waals surface area contributed by atoms with Gasteiger partial charge in [-0.15, -0.1) is 0 Å². The van der Waals surface area contributed by atoms with E-state index in [-0.39, 0.29) is 17.2 Å². The summed E-state index contributed by atoms with van der Waals surface area (Å²) in [7, 11) is -4.20. The number of carbonyl (C=O) groups is 1. The van der Waals surface area contributed by atoms with Crippen molar-refractivity contribution >= 4 is 15.9 Å².